The number of aromatic nitrogens is 2. The van der Waals surface area contributed by atoms with Crippen molar-refractivity contribution in [2.45, 2.75) is 25.8 Å². The Morgan fingerprint density at radius 2 is 1.93 bits per heavy atom. The van der Waals surface area contributed by atoms with E-state index in [1.165, 1.54) is 0 Å². The van der Waals surface area contributed by atoms with Crippen LogP contribution in [0, 0.1) is 0 Å². The maximum atomic E-state index is 12.9. The van der Waals surface area contributed by atoms with E-state index < -0.39 is 0 Å². The lowest BCUT2D eigenvalue weighted by Gasteiger charge is -2.37. The van der Waals surface area contributed by atoms with Gasteiger partial charge in [0.1, 0.15) is 0 Å². The quantitative estimate of drug-likeness (QED) is 0.828. The van der Waals surface area contributed by atoms with Gasteiger partial charge in [0.2, 0.25) is 0 Å². The SMILES string of the molecule is CCN1CCN(c2ccc(Cl)cc2NC(=O)N2CCC(n3ccnc3)CC2)CC1. The number of urea groups is 1. The molecule has 0 radical (unpaired) electrons. The smallest absolute Gasteiger partial charge is 0.321 e. The highest BCUT2D eigenvalue weighted by Gasteiger charge is 2.25. The van der Waals surface area contributed by atoms with Gasteiger partial charge in [0.05, 0.1) is 17.7 Å². The molecule has 2 aromatic rings. The zero-order valence-electron chi connectivity index (χ0n) is 16.9. The van der Waals surface area contributed by atoms with Crippen LogP contribution in [-0.4, -0.2) is 71.2 Å². The standard InChI is InChI=1S/C21H29ClN6O/c1-2-25-11-13-26(14-12-25)20-4-3-17(22)15-19(20)24-21(29)27-8-5-18(6-9-27)28-10-7-23-16-28/h3-4,7,10,15-16,18H,2,5-6,8-9,11-14H2,1H3,(H,24,29). The first-order chi connectivity index (χ1) is 14.1. The van der Waals surface area contributed by atoms with E-state index >= 15 is 0 Å². The second-order valence-corrected chi connectivity index (χ2v) is 8.18. The molecule has 7 nitrogen and oxygen atoms in total. The predicted molar refractivity (Wildman–Crippen MR) is 117 cm³/mol. The molecule has 156 valence electrons. The number of likely N-dealkylation sites (tertiary alicyclic amines) is 1. The number of halogens is 1. The lowest BCUT2D eigenvalue weighted by atomic mass is 10.1. The summed E-state index contributed by atoms with van der Waals surface area (Å²) in [5.74, 6) is 0. The second-order valence-electron chi connectivity index (χ2n) is 7.74. The molecule has 0 bridgehead atoms. The summed E-state index contributed by atoms with van der Waals surface area (Å²) in [6.45, 7) is 8.72. The zero-order valence-corrected chi connectivity index (χ0v) is 17.7. The van der Waals surface area contributed by atoms with Crippen molar-refractivity contribution in [3.8, 4) is 0 Å². The van der Waals surface area contributed by atoms with E-state index in [1.807, 2.05) is 35.6 Å². The fraction of sp³-hybridized carbons (Fsp3) is 0.524. The Labute approximate surface area is 177 Å². The molecule has 8 heteroatoms. The number of nitrogens with zero attached hydrogens (tertiary/aromatic N) is 5. The highest BCUT2D eigenvalue weighted by atomic mass is 35.5. The van der Waals surface area contributed by atoms with Crippen molar-refractivity contribution in [2.75, 3.05) is 56.0 Å². The van der Waals surface area contributed by atoms with Gasteiger partial charge in [0, 0.05) is 62.7 Å². The normalized spacial score (nSPS) is 18.8. The molecule has 2 fully saturated rings. The van der Waals surface area contributed by atoms with E-state index in [0.717, 1.165) is 70.0 Å². The maximum absolute atomic E-state index is 12.9. The molecule has 0 atom stereocenters. The number of hydrogen-bond donors (Lipinski definition) is 1. The van der Waals surface area contributed by atoms with Gasteiger partial charge in [0.25, 0.3) is 0 Å². The Morgan fingerprint density at radius 3 is 2.59 bits per heavy atom. The summed E-state index contributed by atoms with van der Waals surface area (Å²) in [6, 6.07) is 6.14. The molecule has 0 spiro atoms. The van der Waals surface area contributed by atoms with Crippen LogP contribution >= 0.6 is 11.6 Å². The summed E-state index contributed by atoms with van der Waals surface area (Å²) in [4.78, 5) is 23.7. The third kappa shape index (κ3) is 4.67. The van der Waals surface area contributed by atoms with Crippen LogP contribution in [0.5, 0.6) is 0 Å². The molecule has 29 heavy (non-hydrogen) atoms. The van der Waals surface area contributed by atoms with Gasteiger partial charge in [-0.3, -0.25) is 0 Å². The second kappa shape index (κ2) is 9.05. The van der Waals surface area contributed by atoms with Crippen molar-refractivity contribution in [2.24, 2.45) is 0 Å². The summed E-state index contributed by atoms with van der Waals surface area (Å²) >= 11 is 6.25. The molecule has 1 N–H and O–H groups in total. The van der Waals surface area contributed by atoms with Crippen LogP contribution in [0.3, 0.4) is 0 Å². The lowest BCUT2D eigenvalue weighted by molar-refractivity contribution is 0.183. The molecule has 2 aliphatic rings. The highest BCUT2D eigenvalue weighted by molar-refractivity contribution is 6.31. The minimum atomic E-state index is -0.0511. The summed E-state index contributed by atoms with van der Waals surface area (Å²) in [5, 5.41) is 3.76. The number of amides is 2. The maximum Gasteiger partial charge on any atom is 0.321 e. The van der Waals surface area contributed by atoms with Crippen LogP contribution in [0.25, 0.3) is 0 Å². The van der Waals surface area contributed by atoms with E-state index in [4.69, 9.17) is 11.6 Å². The van der Waals surface area contributed by atoms with E-state index in [0.29, 0.717) is 11.1 Å². The average Bonchev–Trinajstić information content (AvgIpc) is 3.29. The van der Waals surface area contributed by atoms with Gasteiger partial charge in [0.15, 0.2) is 0 Å². The highest BCUT2D eigenvalue weighted by Crippen LogP contribution is 2.31. The number of rotatable bonds is 4. The van der Waals surface area contributed by atoms with Gasteiger partial charge >= 0.3 is 6.03 Å². The van der Waals surface area contributed by atoms with Crippen molar-refractivity contribution in [3.63, 3.8) is 0 Å². The predicted octanol–water partition coefficient (Wildman–Crippen LogP) is 3.55. The number of carbonyl (C=O) groups excluding carboxylic acids is 1. The third-order valence-electron chi connectivity index (χ3n) is 6.06. The number of likely N-dealkylation sites (N-methyl/N-ethyl adjacent to an activating group) is 1. The largest absolute Gasteiger partial charge is 0.367 e. The molecule has 2 saturated heterocycles. The molecule has 4 rings (SSSR count). The summed E-state index contributed by atoms with van der Waals surface area (Å²) in [6.07, 6.45) is 7.53. The van der Waals surface area contributed by atoms with E-state index in [2.05, 4.69) is 31.6 Å². The molecular formula is C21H29ClN6O. The van der Waals surface area contributed by atoms with E-state index in [9.17, 15) is 4.79 Å². The number of piperidine rings is 1. The van der Waals surface area contributed by atoms with Crippen LogP contribution in [0.4, 0.5) is 16.2 Å². The molecule has 0 aliphatic carbocycles. The summed E-state index contributed by atoms with van der Waals surface area (Å²) < 4.78 is 2.14. The van der Waals surface area contributed by atoms with Crippen molar-refractivity contribution < 1.29 is 4.79 Å². The Bertz CT molecular complexity index is 811. The van der Waals surface area contributed by atoms with Crippen LogP contribution in [-0.2, 0) is 0 Å². The van der Waals surface area contributed by atoms with E-state index in [-0.39, 0.29) is 6.03 Å². The van der Waals surface area contributed by atoms with Crippen LogP contribution in [0.2, 0.25) is 5.02 Å². The first-order valence-corrected chi connectivity index (χ1v) is 10.8. The van der Waals surface area contributed by atoms with E-state index in [1.54, 1.807) is 6.20 Å². The minimum Gasteiger partial charge on any atom is -0.367 e. The van der Waals surface area contributed by atoms with Gasteiger partial charge in [-0.05, 0) is 37.6 Å². The molecule has 3 heterocycles. The van der Waals surface area contributed by atoms with Gasteiger partial charge in [-0.1, -0.05) is 18.5 Å². The lowest BCUT2D eigenvalue weighted by Crippen LogP contribution is -2.46. The Hall–Kier alpha value is -2.25. The Kier molecular flexibility index (Phi) is 6.25. The first-order valence-electron chi connectivity index (χ1n) is 10.4. The number of hydrogen-bond acceptors (Lipinski definition) is 4. The number of imidazole rings is 1. The van der Waals surface area contributed by atoms with Gasteiger partial charge in [-0.25, -0.2) is 9.78 Å². The number of benzene rings is 1. The molecule has 1 aromatic heterocycles. The topological polar surface area (TPSA) is 56.6 Å². The van der Waals surface area contributed by atoms with Crippen molar-refractivity contribution in [3.05, 3.63) is 41.9 Å². The van der Waals surface area contributed by atoms with Crippen molar-refractivity contribution >= 4 is 29.0 Å². The fourth-order valence-corrected chi connectivity index (χ4v) is 4.41. The minimum absolute atomic E-state index is 0.0511. The zero-order chi connectivity index (χ0) is 20.2. The molecule has 1 aromatic carbocycles. The third-order valence-corrected chi connectivity index (χ3v) is 6.29. The number of piperazine rings is 1. The van der Waals surface area contributed by atoms with Crippen molar-refractivity contribution in [1.82, 2.24) is 19.4 Å². The van der Waals surface area contributed by atoms with Crippen molar-refractivity contribution in [1.29, 1.82) is 0 Å². The number of carbonyl (C=O) groups is 1. The number of anilines is 2. The summed E-state index contributed by atoms with van der Waals surface area (Å²) in [5.41, 5.74) is 1.84. The van der Waals surface area contributed by atoms with Gasteiger partial charge in [-0.2, -0.15) is 0 Å². The molecule has 2 amide bonds. The number of nitrogens with one attached hydrogen (secondary N) is 1. The first kappa shape index (κ1) is 20.0. The average molecular weight is 417 g/mol. The molecular weight excluding hydrogens is 388 g/mol. The Balaban J connectivity index is 1.40. The Morgan fingerprint density at radius 1 is 1.17 bits per heavy atom. The summed E-state index contributed by atoms with van der Waals surface area (Å²) in [7, 11) is 0. The molecule has 0 saturated carbocycles. The fourth-order valence-electron chi connectivity index (χ4n) is 4.24. The monoisotopic (exact) mass is 416 g/mol. The van der Waals surface area contributed by atoms with Crippen LogP contribution < -0.4 is 10.2 Å². The molecule has 2 aliphatic heterocycles. The van der Waals surface area contributed by atoms with Crippen LogP contribution in [0.15, 0.2) is 36.9 Å². The van der Waals surface area contributed by atoms with Gasteiger partial charge in [-0.15, -0.1) is 0 Å². The van der Waals surface area contributed by atoms with Crippen LogP contribution in [0.1, 0.15) is 25.8 Å². The molecule has 0 unspecified atom stereocenters. The van der Waals surface area contributed by atoms with Gasteiger partial charge < -0.3 is 24.6 Å².